The summed E-state index contributed by atoms with van der Waals surface area (Å²) in [5.74, 6) is 1.91. The Labute approximate surface area is 100 Å². The Morgan fingerprint density at radius 2 is 2.12 bits per heavy atom. The van der Waals surface area contributed by atoms with E-state index < -0.39 is 5.91 Å². The fraction of sp³-hybridized carbons (Fsp3) is 0.308. The predicted molar refractivity (Wildman–Crippen MR) is 64.8 cm³/mol. The van der Waals surface area contributed by atoms with Gasteiger partial charge in [0.25, 0.3) is 5.91 Å². The molecular formula is C13H15NO3. The fourth-order valence-electron chi connectivity index (χ4n) is 1.36. The van der Waals surface area contributed by atoms with Crippen molar-refractivity contribution >= 4 is 5.91 Å². The Morgan fingerprint density at radius 1 is 1.35 bits per heavy atom. The number of amides is 1. The largest absolute Gasteiger partial charge is 0.508 e. The van der Waals surface area contributed by atoms with Crippen LogP contribution in [-0.4, -0.2) is 22.7 Å². The van der Waals surface area contributed by atoms with Crippen LogP contribution in [0.15, 0.2) is 18.2 Å². The molecule has 0 spiro atoms. The first-order valence-electron chi connectivity index (χ1n) is 5.39. The van der Waals surface area contributed by atoms with Crippen molar-refractivity contribution in [1.82, 2.24) is 5.32 Å². The molecule has 1 aromatic carbocycles. The molecule has 1 aromatic rings. The lowest BCUT2D eigenvalue weighted by molar-refractivity contribution is 0.0950. The molecule has 0 bridgehead atoms. The van der Waals surface area contributed by atoms with Crippen molar-refractivity contribution in [3.8, 4) is 23.8 Å². The molecule has 0 aliphatic rings. The molecule has 0 fully saturated rings. The number of carbonyl (C=O) groups is 1. The van der Waals surface area contributed by atoms with Gasteiger partial charge < -0.3 is 15.5 Å². The topological polar surface area (TPSA) is 69.6 Å². The second-order valence-electron chi connectivity index (χ2n) is 3.62. The molecule has 0 saturated heterocycles. The van der Waals surface area contributed by atoms with Crippen LogP contribution in [0.3, 0.4) is 0 Å². The Kier molecular flexibility index (Phi) is 4.89. The molecule has 0 aliphatic carbocycles. The first-order chi connectivity index (χ1) is 8.15. The zero-order valence-electron chi connectivity index (χ0n) is 9.44. The van der Waals surface area contributed by atoms with Gasteiger partial charge in [0.05, 0.1) is 5.56 Å². The van der Waals surface area contributed by atoms with Crippen LogP contribution in [0.4, 0.5) is 0 Å². The zero-order valence-corrected chi connectivity index (χ0v) is 9.44. The van der Waals surface area contributed by atoms with E-state index in [0.29, 0.717) is 13.0 Å². The first kappa shape index (κ1) is 12.9. The number of aromatic hydroxyl groups is 2. The van der Waals surface area contributed by atoms with Crippen molar-refractivity contribution in [2.24, 2.45) is 0 Å². The fourth-order valence-corrected chi connectivity index (χ4v) is 1.36. The van der Waals surface area contributed by atoms with E-state index in [2.05, 4.69) is 11.2 Å². The lowest BCUT2D eigenvalue weighted by Crippen LogP contribution is -2.24. The van der Waals surface area contributed by atoms with Crippen molar-refractivity contribution in [1.29, 1.82) is 0 Å². The second-order valence-corrected chi connectivity index (χ2v) is 3.62. The highest BCUT2D eigenvalue weighted by Gasteiger charge is 2.10. The van der Waals surface area contributed by atoms with Crippen LogP contribution < -0.4 is 5.32 Å². The maximum atomic E-state index is 11.6. The molecule has 0 heterocycles. The molecule has 90 valence electrons. The number of phenolic OH excluding ortho intramolecular Hbond substituents is 2. The van der Waals surface area contributed by atoms with Crippen molar-refractivity contribution < 1.29 is 15.0 Å². The molecule has 1 rings (SSSR count). The third kappa shape index (κ3) is 4.07. The highest BCUT2D eigenvalue weighted by Crippen LogP contribution is 2.21. The van der Waals surface area contributed by atoms with Crippen LogP contribution in [0.25, 0.3) is 0 Å². The maximum absolute atomic E-state index is 11.6. The molecule has 4 heteroatoms. The quantitative estimate of drug-likeness (QED) is 0.411. The molecule has 0 aliphatic heterocycles. The molecule has 0 unspecified atom stereocenters. The monoisotopic (exact) mass is 233 g/mol. The molecule has 1 amide bonds. The molecule has 3 N–H and O–H groups in total. The Hall–Kier alpha value is -2.15. The van der Waals surface area contributed by atoms with E-state index in [1.807, 2.05) is 0 Å². The minimum Gasteiger partial charge on any atom is -0.508 e. The molecule has 0 aromatic heterocycles. The highest BCUT2D eigenvalue weighted by molar-refractivity contribution is 5.97. The Morgan fingerprint density at radius 3 is 2.82 bits per heavy atom. The van der Waals surface area contributed by atoms with Gasteiger partial charge in [-0.3, -0.25) is 4.79 Å². The lowest BCUT2D eigenvalue weighted by atomic mass is 10.1. The molecular weight excluding hydrogens is 218 g/mol. The highest BCUT2D eigenvalue weighted by atomic mass is 16.3. The molecule has 17 heavy (non-hydrogen) atoms. The van der Waals surface area contributed by atoms with Gasteiger partial charge in [0.15, 0.2) is 0 Å². The molecule has 0 radical (unpaired) electrons. The second kappa shape index (κ2) is 6.44. The number of benzene rings is 1. The summed E-state index contributed by atoms with van der Waals surface area (Å²) < 4.78 is 0. The lowest BCUT2D eigenvalue weighted by Gasteiger charge is -2.06. The van der Waals surface area contributed by atoms with Crippen LogP contribution in [0.1, 0.15) is 29.6 Å². The predicted octanol–water partition coefficient (Wildman–Crippen LogP) is 1.63. The number of hydrogen-bond donors (Lipinski definition) is 3. The van der Waals surface area contributed by atoms with Crippen LogP contribution in [-0.2, 0) is 0 Å². The number of carbonyl (C=O) groups excluding carboxylic acids is 1. The van der Waals surface area contributed by atoms with Gasteiger partial charge in [0.2, 0.25) is 0 Å². The minimum atomic E-state index is -0.404. The van der Waals surface area contributed by atoms with E-state index in [1.54, 1.807) is 0 Å². The van der Waals surface area contributed by atoms with E-state index in [0.717, 1.165) is 12.8 Å². The van der Waals surface area contributed by atoms with Crippen LogP contribution in [0.2, 0.25) is 0 Å². The van der Waals surface area contributed by atoms with Crippen LogP contribution >= 0.6 is 0 Å². The van der Waals surface area contributed by atoms with Crippen LogP contribution in [0.5, 0.6) is 11.5 Å². The van der Waals surface area contributed by atoms with E-state index in [1.165, 1.54) is 18.2 Å². The number of unbranched alkanes of at least 4 members (excludes halogenated alkanes) is 2. The summed E-state index contributed by atoms with van der Waals surface area (Å²) in [6.07, 6.45) is 7.42. The standard InChI is InChI=1S/C13H15NO3/c1-2-3-4-5-8-14-13(17)11-9-10(15)6-7-12(11)16/h1,6-7,9,15-16H,3-5,8H2,(H,14,17). The van der Waals surface area contributed by atoms with Crippen LogP contribution in [0, 0.1) is 12.3 Å². The number of nitrogens with one attached hydrogen (secondary N) is 1. The maximum Gasteiger partial charge on any atom is 0.255 e. The summed E-state index contributed by atoms with van der Waals surface area (Å²) in [4.78, 5) is 11.6. The number of phenols is 2. The molecule has 4 nitrogen and oxygen atoms in total. The summed E-state index contributed by atoms with van der Waals surface area (Å²) in [5.41, 5.74) is 0.0712. The number of rotatable bonds is 5. The normalized spacial score (nSPS) is 9.59. The Balaban J connectivity index is 2.47. The summed E-state index contributed by atoms with van der Waals surface area (Å²) >= 11 is 0. The average Bonchev–Trinajstić information content (AvgIpc) is 2.32. The van der Waals surface area contributed by atoms with E-state index >= 15 is 0 Å². The van der Waals surface area contributed by atoms with Crippen molar-refractivity contribution in [3.05, 3.63) is 23.8 Å². The van der Waals surface area contributed by atoms with Crippen molar-refractivity contribution in [2.45, 2.75) is 19.3 Å². The smallest absolute Gasteiger partial charge is 0.255 e. The van der Waals surface area contributed by atoms with E-state index in [-0.39, 0.29) is 17.1 Å². The average molecular weight is 233 g/mol. The number of hydrogen-bond acceptors (Lipinski definition) is 3. The van der Waals surface area contributed by atoms with Crippen molar-refractivity contribution in [2.75, 3.05) is 6.54 Å². The van der Waals surface area contributed by atoms with E-state index in [4.69, 9.17) is 6.42 Å². The summed E-state index contributed by atoms with van der Waals surface area (Å²) in [7, 11) is 0. The zero-order chi connectivity index (χ0) is 12.7. The van der Waals surface area contributed by atoms with Gasteiger partial charge in [-0.15, -0.1) is 12.3 Å². The SMILES string of the molecule is C#CCCCCNC(=O)c1cc(O)ccc1O. The Bertz CT molecular complexity index is 435. The molecule has 0 atom stereocenters. The van der Waals surface area contributed by atoms with Gasteiger partial charge in [0.1, 0.15) is 11.5 Å². The minimum absolute atomic E-state index is 0.0553. The van der Waals surface area contributed by atoms with Crippen molar-refractivity contribution in [3.63, 3.8) is 0 Å². The number of terminal acetylenes is 1. The van der Waals surface area contributed by atoms with Gasteiger partial charge in [0, 0.05) is 13.0 Å². The summed E-state index contributed by atoms with van der Waals surface area (Å²) in [5, 5.41) is 21.3. The van der Waals surface area contributed by atoms with E-state index in [9.17, 15) is 15.0 Å². The van der Waals surface area contributed by atoms with Gasteiger partial charge in [-0.05, 0) is 31.0 Å². The van der Waals surface area contributed by atoms with Gasteiger partial charge in [-0.25, -0.2) is 0 Å². The summed E-state index contributed by atoms with van der Waals surface area (Å²) in [6.45, 7) is 0.496. The third-order valence-electron chi connectivity index (χ3n) is 2.26. The first-order valence-corrected chi connectivity index (χ1v) is 5.39. The third-order valence-corrected chi connectivity index (χ3v) is 2.26. The van der Waals surface area contributed by atoms with Gasteiger partial charge >= 0.3 is 0 Å². The van der Waals surface area contributed by atoms with Gasteiger partial charge in [-0.2, -0.15) is 0 Å². The summed E-state index contributed by atoms with van der Waals surface area (Å²) in [6, 6.07) is 3.83. The van der Waals surface area contributed by atoms with Gasteiger partial charge in [-0.1, -0.05) is 0 Å². The molecule has 0 saturated carbocycles.